The van der Waals surface area contributed by atoms with Crippen LogP contribution in [-0.2, 0) is 19.0 Å². The second kappa shape index (κ2) is 11.0. The Balaban J connectivity index is 0.000000633. The summed E-state index contributed by atoms with van der Waals surface area (Å²) in [5.74, 6) is -0.400. The van der Waals surface area contributed by atoms with Crippen molar-refractivity contribution in [3.63, 3.8) is 0 Å². The standard InChI is InChI=1S/C18H24N2O5.C5H10O2/c1-7-23-16(21)13-14-12(8-11(9-19-14)10(2)3)24-15(13)20-17(22)25-18(4,5)6;1-5(2,3)7-4-6/h8-10H,7H2,1-6H3,(H,20,22);4H,1-3H3. The van der Waals surface area contributed by atoms with Crippen LogP contribution < -0.4 is 5.32 Å². The van der Waals surface area contributed by atoms with Gasteiger partial charge in [-0.1, -0.05) is 13.8 Å². The topological polar surface area (TPSA) is 117 Å². The first kappa shape index (κ1) is 26.9. The minimum atomic E-state index is -0.721. The zero-order valence-corrected chi connectivity index (χ0v) is 20.3. The van der Waals surface area contributed by atoms with Gasteiger partial charge in [0.1, 0.15) is 22.3 Å². The number of carbonyl (C=O) groups is 3. The molecule has 0 aliphatic heterocycles. The lowest BCUT2D eigenvalue weighted by atomic mass is 10.1. The van der Waals surface area contributed by atoms with E-state index in [9.17, 15) is 14.4 Å². The highest BCUT2D eigenvalue weighted by Crippen LogP contribution is 2.31. The Morgan fingerprint density at radius 1 is 1.16 bits per heavy atom. The lowest BCUT2D eigenvalue weighted by Crippen LogP contribution is -2.27. The molecule has 0 unspecified atom stereocenters. The minimum Gasteiger partial charge on any atom is -0.462 e. The van der Waals surface area contributed by atoms with Crippen LogP contribution >= 0.6 is 0 Å². The van der Waals surface area contributed by atoms with Gasteiger partial charge < -0.3 is 18.6 Å². The summed E-state index contributed by atoms with van der Waals surface area (Å²) in [6.07, 6.45) is 0.962. The molecule has 0 aromatic carbocycles. The molecule has 0 spiro atoms. The quantitative estimate of drug-likeness (QED) is 0.364. The number of carbonyl (C=O) groups excluding carboxylic acids is 3. The first-order valence-electron chi connectivity index (χ1n) is 10.4. The monoisotopic (exact) mass is 450 g/mol. The van der Waals surface area contributed by atoms with Crippen LogP contribution in [0.5, 0.6) is 0 Å². The summed E-state index contributed by atoms with van der Waals surface area (Å²) in [6.45, 7) is 17.1. The molecule has 0 aliphatic rings. The van der Waals surface area contributed by atoms with Crippen LogP contribution in [0.25, 0.3) is 11.1 Å². The third-order valence-corrected chi connectivity index (χ3v) is 3.71. The highest BCUT2D eigenvalue weighted by molar-refractivity contribution is 6.08. The van der Waals surface area contributed by atoms with E-state index in [1.807, 2.05) is 34.6 Å². The number of nitrogens with one attached hydrogen (secondary N) is 1. The van der Waals surface area contributed by atoms with Gasteiger partial charge in [-0.25, -0.2) is 9.59 Å². The van der Waals surface area contributed by atoms with Gasteiger partial charge in [0.15, 0.2) is 5.58 Å². The van der Waals surface area contributed by atoms with Gasteiger partial charge in [0.25, 0.3) is 6.47 Å². The van der Waals surface area contributed by atoms with Crippen molar-refractivity contribution in [3.05, 3.63) is 23.4 Å². The van der Waals surface area contributed by atoms with E-state index in [1.165, 1.54) is 0 Å². The number of hydrogen-bond donors (Lipinski definition) is 1. The average molecular weight is 451 g/mol. The number of aromatic nitrogens is 1. The molecule has 0 fully saturated rings. The van der Waals surface area contributed by atoms with Gasteiger partial charge in [-0.3, -0.25) is 15.1 Å². The molecule has 32 heavy (non-hydrogen) atoms. The second-order valence-electron chi connectivity index (χ2n) is 9.25. The molecule has 2 aromatic heterocycles. The molecule has 0 atom stereocenters. The molecule has 0 saturated carbocycles. The van der Waals surface area contributed by atoms with Crippen LogP contribution in [0.4, 0.5) is 10.7 Å². The highest BCUT2D eigenvalue weighted by atomic mass is 16.6. The number of nitrogens with zero attached hydrogens (tertiary/aromatic N) is 1. The number of furan rings is 1. The Labute approximate surface area is 188 Å². The zero-order valence-electron chi connectivity index (χ0n) is 20.3. The van der Waals surface area contributed by atoms with E-state index < -0.39 is 17.7 Å². The number of ether oxygens (including phenoxy) is 3. The Morgan fingerprint density at radius 3 is 2.22 bits per heavy atom. The Morgan fingerprint density at radius 2 is 1.78 bits per heavy atom. The van der Waals surface area contributed by atoms with Crippen molar-refractivity contribution >= 4 is 35.5 Å². The normalized spacial score (nSPS) is 11.4. The smallest absolute Gasteiger partial charge is 0.414 e. The minimum absolute atomic E-state index is 0.0314. The van der Waals surface area contributed by atoms with Gasteiger partial charge in [0.05, 0.1) is 6.61 Å². The number of pyridine rings is 1. The van der Waals surface area contributed by atoms with Crippen LogP contribution in [0.3, 0.4) is 0 Å². The van der Waals surface area contributed by atoms with Crippen molar-refractivity contribution in [2.75, 3.05) is 11.9 Å². The SMILES string of the molecule is CC(C)(C)OC=O.CCOC(=O)c1c(NC(=O)OC(C)(C)C)oc2cc(C(C)C)cnc12. The number of esters is 1. The molecule has 0 aliphatic carbocycles. The van der Waals surface area contributed by atoms with Crippen molar-refractivity contribution in [2.24, 2.45) is 0 Å². The number of anilines is 1. The maximum atomic E-state index is 12.3. The fraction of sp³-hybridized carbons (Fsp3) is 0.565. The first-order valence-corrected chi connectivity index (χ1v) is 10.4. The van der Waals surface area contributed by atoms with E-state index in [2.05, 4.69) is 15.0 Å². The van der Waals surface area contributed by atoms with Gasteiger partial charge in [-0.05, 0) is 66.0 Å². The Kier molecular flexibility index (Phi) is 9.23. The van der Waals surface area contributed by atoms with Crippen LogP contribution in [0.1, 0.15) is 84.2 Å². The molecule has 9 heteroatoms. The third-order valence-electron chi connectivity index (χ3n) is 3.71. The van der Waals surface area contributed by atoms with Crippen LogP contribution in [-0.4, -0.2) is 41.3 Å². The van der Waals surface area contributed by atoms with E-state index in [0.29, 0.717) is 17.6 Å². The fourth-order valence-corrected chi connectivity index (χ4v) is 2.33. The molecule has 178 valence electrons. The van der Waals surface area contributed by atoms with E-state index in [4.69, 9.17) is 13.9 Å². The Hall–Kier alpha value is -3.10. The van der Waals surface area contributed by atoms with Crippen molar-refractivity contribution < 1.29 is 33.0 Å². The third kappa shape index (κ3) is 8.56. The molecule has 1 N–H and O–H groups in total. The summed E-state index contributed by atoms with van der Waals surface area (Å²) >= 11 is 0. The summed E-state index contributed by atoms with van der Waals surface area (Å²) in [4.78, 5) is 38.3. The van der Waals surface area contributed by atoms with Crippen molar-refractivity contribution in [2.45, 2.75) is 79.4 Å². The van der Waals surface area contributed by atoms with Crippen LogP contribution in [0, 0.1) is 0 Å². The van der Waals surface area contributed by atoms with E-state index in [0.717, 1.165) is 5.56 Å². The van der Waals surface area contributed by atoms with Crippen molar-refractivity contribution in [1.29, 1.82) is 0 Å². The second-order valence-corrected chi connectivity index (χ2v) is 9.25. The van der Waals surface area contributed by atoms with Crippen LogP contribution in [0.2, 0.25) is 0 Å². The van der Waals surface area contributed by atoms with E-state index in [-0.39, 0.29) is 29.6 Å². The first-order chi connectivity index (χ1) is 14.7. The number of hydrogen-bond acceptors (Lipinski definition) is 8. The molecular weight excluding hydrogens is 416 g/mol. The molecule has 2 heterocycles. The van der Waals surface area contributed by atoms with E-state index >= 15 is 0 Å². The lowest BCUT2D eigenvalue weighted by molar-refractivity contribution is -0.138. The molecule has 2 aromatic rings. The van der Waals surface area contributed by atoms with Gasteiger partial charge in [-0.15, -0.1) is 0 Å². The predicted molar refractivity (Wildman–Crippen MR) is 121 cm³/mol. The van der Waals surface area contributed by atoms with Gasteiger partial charge >= 0.3 is 12.1 Å². The lowest BCUT2D eigenvalue weighted by Gasteiger charge is -2.19. The summed E-state index contributed by atoms with van der Waals surface area (Å²) in [7, 11) is 0. The van der Waals surface area contributed by atoms with Gasteiger partial charge in [0.2, 0.25) is 5.88 Å². The molecule has 0 radical (unpaired) electrons. The van der Waals surface area contributed by atoms with Crippen molar-refractivity contribution in [3.8, 4) is 0 Å². The van der Waals surface area contributed by atoms with E-state index in [1.54, 1.807) is 40.0 Å². The van der Waals surface area contributed by atoms with Gasteiger partial charge in [0, 0.05) is 6.20 Å². The summed E-state index contributed by atoms with van der Waals surface area (Å²) in [5.41, 5.74) is 0.790. The van der Waals surface area contributed by atoms with Crippen molar-refractivity contribution in [1.82, 2.24) is 4.98 Å². The molecule has 2 rings (SSSR count). The Bertz CT molecular complexity index is 934. The maximum Gasteiger partial charge on any atom is 0.414 e. The summed E-state index contributed by atoms with van der Waals surface area (Å²) in [6, 6.07) is 1.80. The maximum absolute atomic E-state index is 12.3. The molecule has 0 bridgehead atoms. The number of amides is 1. The van der Waals surface area contributed by atoms with Gasteiger partial charge in [-0.2, -0.15) is 0 Å². The van der Waals surface area contributed by atoms with Crippen LogP contribution in [0.15, 0.2) is 16.7 Å². The molecule has 0 saturated heterocycles. The average Bonchev–Trinajstić information content (AvgIpc) is 2.96. The zero-order chi connectivity index (χ0) is 24.7. The molecular formula is C23H34N2O7. The summed E-state index contributed by atoms with van der Waals surface area (Å²) in [5, 5.41) is 2.48. The molecule has 1 amide bonds. The fourth-order valence-electron chi connectivity index (χ4n) is 2.33. The largest absolute Gasteiger partial charge is 0.462 e. The number of fused-ring (bicyclic) bond motifs is 1. The predicted octanol–water partition coefficient (Wildman–Crippen LogP) is 5.43. The molecule has 9 nitrogen and oxygen atoms in total. The number of rotatable bonds is 5. The summed E-state index contributed by atoms with van der Waals surface area (Å²) < 4.78 is 20.5. The highest BCUT2D eigenvalue weighted by Gasteiger charge is 2.27.